The van der Waals surface area contributed by atoms with Gasteiger partial charge in [0.1, 0.15) is 19.2 Å². The van der Waals surface area contributed by atoms with E-state index in [1.807, 2.05) is 19.1 Å². The van der Waals surface area contributed by atoms with E-state index in [2.05, 4.69) is 45.0 Å². The average Bonchev–Trinajstić information content (AvgIpc) is 3.51. The van der Waals surface area contributed by atoms with Crippen LogP contribution in [0, 0.1) is 5.41 Å². The van der Waals surface area contributed by atoms with Crippen LogP contribution in [0.3, 0.4) is 0 Å². The molecule has 0 saturated carbocycles. The number of hydrogen-bond donors (Lipinski definition) is 1. The van der Waals surface area contributed by atoms with Crippen LogP contribution in [-0.4, -0.2) is 51.1 Å². The van der Waals surface area contributed by atoms with Gasteiger partial charge in [0.05, 0.1) is 5.41 Å². The van der Waals surface area contributed by atoms with Gasteiger partial charge in [0.15, 0.2) is 0 Å². The van der Waals surface area contributed by atoms with Crippen molar-refractivity contribution in [3.8, 4) is 10.4 Å². The van der Waals surface area contributed by atoms with Crippen LogP contribution in [0.4, 0.5) is 0 Å². The number of thiophene rings is 1. The molecule has 1 fully saturated rings. The van der Waals surface area contributed by atoms with E-state index in [1.54, 1.807) is 16.2 Å². The van der Waals surface area contributed by atoms with Crippen molar-refractivity contribution in [1.29, 1.82) is 0 Å². The molecule has 1 aromatic carbocycles. The first-order valence-corrected chi connectivity index (χ1v) is 11.0. The predicted molar refractivity (Wildman–Crippen MR) is 116 cm³/mol. The summed E-state index contributed by atoms with van der Waals surface area (Å²) in [6.45, 7) is 3.61. The van der Waals surface area contributed by atoms with Crippen LogP contribution < -0.4 is 5.32 Å². The molecule has 3 heterocycles. The Morgan fingerprint density at radius 3 is 2.90 bits per heavy atom. The normalized spacial score (nSPS) is 18.5. The lowest BCUT2D eigenvalue weighted by Crippen LogP contribution is -2.45. The third-order valence-corrected chi connectivity index (χ3v) is 6.48. The summed E-state index contributed by atoms with van der Waals surface area (Å²) in [5.41, 5.74) is 1.64. The number of hydrogen-bond acceptors (Lipinski definition) is 5. The number of nitrogens with one attached hydrogen (secondary N) is 1. The summed E-state index contributed by atoms with van der Waals surface area (Å²) in [5, 5.41) is 9.07. The third kappa shape index (κ3) is 4.28. The summed E-state index contributed by atoms with van der Waals surface area (Å²) >= 11 is 1.70. The van der Waals surface area contributed by atoms with Crippen LogP contribution in [0.5, 0.6) is 0 Å². The molecule has 1 saturated heterocycles. The summed E-state index contributed by atoms with van der Waals surface area (Å²) in [5.74, 6) is -0.0263. The molecule has 30 heavy (non-hydrogen) atoms. The van der Waals surface area contributed by atoms with E-state index in [4.69, 9.17) is 0 Å². The van der Waals surface area contributed by atoms with Gasteiger partial charge in [-0.1, -0.05) is 30.3 Å². The number of aromatic nitrogens is 3. The zero-order chi connectivity index (χ0) is 21.0. The summed E-state index contributed by atoms with van der Waals surface area (Å²) < 4.78 is 1.51. The van der Waals surface area contributed by atoms with Gasteiger partial charge in [-0.05, 0) is 42.3 Å². The van der Waals surface area contributed by atoms with E-state index in [0.29, 0.717) is 32.5 Å². The minimum absolute atomic E-state index is 0.0163. The Kier molecular flexibility index (Phi) is 5.94. The van der Waals surface area contributed by atoms with Gasteiger partial charge in [-0.25, -0.2) is 9.67 Å². The van der Waals surface area contributed by atoms with Gasteiger partial charge in [-0.3, -0.25) is 9.59 Å². The molecule has 2 amide bonds. The second kappa shape index (κ2) is 8.79. The van der Waals surface area contributed by atoms with Gasteiger partial charge in [-0.2, -0.15) is 5.10 Å². The first-order valence-electron chi connectivity index (χ1n) is 10.1. The molecule has 1 N–H and O–H groups in total. The topological polar surface area (TPSA) is 80.1 Å². The molecule has 7 nitrogen and oxygen atoms in total. The lowest BCUT2D eigenvalue weighted by Gasteiger charge is -2.28. The highest BCUT2D eigenvalue weighted by atomic mass is 32.1. The van der Waals surface area contributed by atoms with Crippen LogP contribution in [-0.2, 0) is 22.6 Å². The molecule has 1 aliphatic rings. The monoisotopic (exact) mass is 423 g/mol. The Bertz CT molecular complexity index is 1000. The lowest BCUT2D eigenvalue weighted by atomic mass is 9.79. The maximum Gasteiger partial charge on any atom is 0.244 e. The molecule has 1 atom stereocenters. The molecule has 3 aromatic rings. The molecule has 156 valence electrons. The van der Waals surface area contributed by atoms with Crippen molar-refractivity contribution >= 4 is 23.2 Å². The zero-order valence-corrected chi connectivity index (χ0v) is 17.8. The van der Waals surface area contributed by atoms with Crippen molar-refractivity contribution in [2.45, 2.75) is 26.3 Å². The minimum atomic E-state index is -0.623. The van der Waals surface area contributed by atoms with Crippen LogP contribution in [0.25, 0.3) is 10.4 Å². The zero-order valence-electron chi connectivity index (χ0n) is 17.0. The molecule has 4 rings (SSSR count). The molecular formula is C22H25N5O2S. The van der Waals surface area contributed by atoms with Crippen molar-refractivity contribution in [2.75, 3.05) is 19.6 Å². The van der Waals surface area contributed by atoms with Crippen LogP contribution in [0.1, 0.15) is 18.9 Å². The summed E-state index contributed by atoms with van der Waals surface area (Å²) in [6.07, 6.45) is 4.19. The second-order valence-electron chi connectivity index (χ2n) is 7.65. The first-order chi connectivity index (χ1) is 14.6. The number of benzene rings is 1. The summed E-state index contributed by atoms with van der Waals surface area (Å²) in [6, 6.07) is 12.5. The summed E-state index contributed by atoms with van der Waals surface area (Å²) in [7, 11) is 0. The van der Waals surface area contributed by atoms with Crippen molar-refractivity contribution in [2.24, 2.45) is 5.41 Å². The van der Waals surface area contributed by atoms with Crippen molar-refractivity contribution in [1.82, 2.24) is 25.0 Å². The first kappa shape index (κ1) is 20.3. The second-order valence-corrected chi connectivity index (χ2v) is 8.60. The van der Waals surface area contributed by atoms with E-state index in [9.17, 15) is 9.59 Å². The Morgan fingerprint density at radius 2 is 2.17 bits per heavy atom. The third-order valence-electron chi connectivity index (χ3n) is 5.56. The van der Waals surface area contributed by atoms with Crippen molar-refractivity contribution < 1.29 is 9.59 Å². The van der Waals surface area contributed by atoms with Crippen LogP contribution in [0.15, 0.2) is 54.4 Å². The summed E-state index contributed by atoms with van der Waals surface area (Å²) in [4.78, 5) is 32.7. The SMILES string of the molecule is CCNC(=O)[C@@]1(Cc2cccc(-c3cccs3)c2)CCN(C(=O)Cn2cncn2)C1. The van der Waals surface area contributed by atoms with E-state index in [1.165, 1.54) is 22.2 Å². The highest BCUT2D eigenvalue weighted by Crippen LogP contribution is 2.36. The quantitative estimate of drug-likeness (QED) is 0.634. The number of likely N-dealkylation sites (tertiary alicyclic amines) is 1. The largest absolute Gasteiger partial charge is 0.356 e. The van der Waals surface area contributed by atoms with E-state index in [0.717, 1.165) is 11.1 Å². The predicted octanol–water partition coefficient (Wildman–Crippen LogP) is 2.60. The van der Waals surface area contributed by atoms with Gasteiger partial charge in [0, 0.05) is 24.5 Å². The highest BCUT2D eigenvalue weighted by Gasteiger charge is 2.45. The molecule has 0 bridgehead atoms. The molecule has 0 radical (unpaired) electrons. The van der Waals surface area contributed by atoms with Gasteiger partial charge < -0.3 is 10.2 Å². The molecule has 1 aliphatic heterocycles. The van der Waals surface area contributed by atoms with Crippen LogP contribution in [0.2, 0.25) is 0 Å². The lowest BCUT2D eigenvalue weighted by molar-refractivity contribution is -0.133. The Morgan fingerprint density at radius 1 is 1.27 bits per heavy atom. The molecule has 8 heteroatoms. The minimum Gasteiger partial charge on any atom is -0.356 e. The number of rotatable bonds is 7. The number of nitrogens with zero attached hydrogens (tertiary/aromatic N) is 4. The van der Waals surface area contributed by atoms with Gasteiger partial charge in [-0.15, -0.1) is 11.3 Å². The van der Waals surface area contributed by atoms with Crippen molar-refractivity contribution in [3.05, 3.63) is 60.0 Å². The number of amides is 2. The molecule has 0 unspecified atom stereocenters. The maximum atomic E-state index is 13.1. The fraction of sp³-hybridized carbons (Fsp3) is 0.364. The molecular weight excluding hydrogens is 398 g/mol. The van der Waals surface area contributed by atoms with Gasteiger partial charge in [0.2, 0.25) is 11.8 Å². The van der Waals surface area contributed by atoms with Gasteiger partial charge >= 0.3 is 0 Å². The maximum absolute atomic E-state index is 13.1. The number of carbonyl (C=O) groups excluding carboxylic acids is 2. The average molecular weight is 424 g/mol. The number of carbonyl (C=O) groups is 2. The fourth-order valence-corrected chi connectivity index (χ4v) is 4.79. The van der Waals surface area contributed by atoms with E-state index >= 15 is 0 Å². The van der Waals surface area contributed by atoms with Crippen molar-refractivity contribution in [3.63, 3.8) is 0 Å². The highest BCUT2D eigenvalue weighted by molar-refractivity contribution is 7.13. The Hall–Kier alpha value is -3.00. The van der Waals surface area contributed by atoms with E-state index < -0.39 is 5.41 Å². The van der Waals surface area contributed by atoms with Gasteiger partial charge in [0.25, 0.3) is 0 Å². The van der Waals surface area contributed by atoms with Crippen LogP contribution >= 0.6 is 11.3 Å². The fourth-order valence-electron chi connectivity index (χ4n) is 4.06. The van der Waals surface area contributed by atoms with E-state index in [-0.39, 0.29) is 18.4 Å². The molecule has 0 spiro atoms. The molecule has 2 aromatic heterocycles. The smallest absolute Gasteiger partial charge is 0.244 e. The standard InChI is InChI=1S/C22H25N5O2S/c1-2-24-21(29)22(8-9-26(14-22)20(28)13-27-16-23-15-25-27)12-17-5-3-6-18(11-17)19-7-4-10-30-19/h3-7,10-11,15-16H,2,8-9,12-14H2,1H3,(H,24,29)/t22-/m1/s1. The molecule has 0 aliphatic carbocycles. The Labute approximate surface area is 179 Å². The Balaban J connectivity index is 1.54.